The van der Waals surface area contributed by atoms with Crippen molar-refractivity contribution < 1.29 is 34.6 Å². The number of aliphatic hydroxyl groups excluding tert-OH is 4. The van der Waals surface area contributed by atoms with Crippen LogP contribution in [0.3, 0.4) is 0 Å². The van der Waals surface area contributed by atoms with Crippen molar-refractivity contribution in [1.29, 1.82) is 0 Å². The van der Waals surface area contributed by atoms with Crippen molar-refractivity contribution in [2.45, 2.75) is 83.9 Å². The van der Waals surface area contributed by atoms with Gasteiger partial charge in [-0.05, 0) is 52.3 Å². The van der Waals surface area contributed by atoms with Gasteiger partial charge in [0.25, 0.3) is 0 Å². The van der Waals surface area contributed by atoms with Crippen molar-refractivity contribution in [2.24, 2.45) is 0 Å². The number of hydrogen-bond donors (Lipinski definition) is 4. The van der Waals surface area contributed by atoms with Crippen molar-refractivity contribution in [3.63, 3.8) is 0 Å². The van der Waals surface area contributed by atoms with E-state index in [9.17, 15) is 20.4 Å². The van der Waals surface area contributed by atoms with Crippen LogP contribution in [0.1, 0.15) is 50.6 Å². The standard InChI is InChI=1S/C23H34N2O7/c1-12(2)25-14(5)17(10-15-6-8-16(9-7-15)30-13(3)4)22(24-25)32-23-21(29)20(28)19(27)18(11-26)31-23/h6-9,12-13,18-21,23,26-29H,10-11H2,1-5H3/t18?,19?,20-,21+,23?/m0/s1. The summed E-state index contributed by atoms with van der Waals surface area (Å²) in [5.74, 6) is 1.05. The molecule has 9 heteroatoms. The van der Waals surface area contributed by atoms with E-state index in [0.29, 0.717) is 6.42 Å². The number of rotatable bonds is 8. The number of aromatic nitrogens is 2. The molecule has 3 rings (SSSR count). The Balaban J connectivity index is 1.87. The highest BCUT2D eigenvalue weighted by Gasteiger charge is 2.45. The molecule has 1 saturated heterocycles. The topological polar surface area (TPSA) is 126 Å². The van der Waals surface area contributed by atoms with E-state index in [1.54, 1.807) is 0 Å². The first-order valence-electron chi connectivity index (χ1n) is 10.9. The lowest BCUT2D eigenvalue weighted by molar-refractivity contribution is -0.278. The Morgan fingerprint density at radius 1 is 1.03 bits per heavy atom. The minimum absolute atomic E-state index is 0.0720. The Labute approximate surface area is 188 Å². The van der Waals surface area contributed by atoms with Gasteiger partial charge in [0.1, 0.15) is 30.2 Å². The second-order valence-electron chi connectivity index (χ2n) is 8.71. The molecule has 178 valence electrons. The summed E-state index contributed by atoms with van der Waals surface area (Å²) >= 11 is 0. The fourth-order valence-corrected chi connectivity index (χ4v) is 3.76. The van der Waals surface area contributed by atoms with Gasteiger partial charge in [-0.2, -0.15) is 0 Å². The van der Waals surface area contributed by atoms with Gasteiger partial charge in [-0.1, -0.05) is 12.1 Å². The molecule has 0 bridgehead atoms. The molecule has 0 spiro atoms. The Morgan fingerprint density at radius 3 is 2.25 bits per heavy atom. The predicted octanol–water partition coefficient (Wildman–Crippen LogP) is 1.33. The summed E-state index contributed by atoms with van der Waals surface area (Å²) in [7, 11) is 0. The molecule has 4 N–H and O–H groups in total. The maximum Gasteiger partial charge on any atom is 0.239 e. The number of ether oxygens (including phenoxy) is 3. The van der Waals surface area contributed by atoms with Crippen molar-refractivity contribution >= 4 is 0 Å². The Hall–Kier alpha value is -2.17. The van der Waals surface area contributed by atoms with E-state index in [2.05, 4.69) is 5.10 Å². The minimum Gasteiger partial charge on any atom is -0.491 e. The monoisotopic (exact) mass is 450 g/mol. The maximum absolute atomic E-state index is 10.4. The highest BCUT2D eigenvalue weighted by molar-refractivity contribution is 5.38. The minimum atomic E-state index is -1.52. The van der Waals surface area contributed by atoms with Crippen LogP contribution in [0.2, 0.25) is 0 Å². The predicted molar refractivity (Wildman–Crippen MR) is 117 cm³/mol. The Kier molecular flexibility index (Phi) is 7.79. The van der Waals surface area contributed by atoms with Crippen LogP contribution in [0.5, 0.6) is 11.6 Å². The van der Waals surface area contributed by atoms with Crippen molar-refractivity contribution in [3.8, 4) is 11.6 Å². The molecule has 2 aromatic rings. The molecular weight excluding hydrogens is 416 g/mol. The summed E-state index contributed by atoms with van der Waals surface area (Å²) in [6.07, 6.45) is -6.20. The first-order chi connectivity index (χ1) is 15.1. The lowest BCUT2D eigenvalue weighted by Crippen LogP contribution is -2.60. The number of aliphatic hydroxyl groups is 4. The molecule has 5 atom stereocenters. The van der Waals surface area contributed by atoms with Crippen LogP contribution in [0.25, 0.3) is 0 Å². The molecule has 32 heavy (non-hydrogen) atoms. The van der Waals surface area contributed by atoms with Crippen LogP contribution in [0.15, 0.2) is 24.3 Å². The molecule has 1 aromatic heterocycles. The van der Waals surface area contributed by atoms with Gasteiger partial charge in [0, 0.05) is 23.7 Å². The fourth-order valence-electron chi connectivity index (χ4n) is 3.76. The molecule has 0 aliphatic carbocycles. The first-order valence-corrected chi connectivity index (χ1v) is 10.9. The summed E-state index contributed by atoms with van der Waals surface area (Å²) < 4.78 is 18.9. The second-order valence-corrected chi connectivity index (χ2v) is 8.71. The van der Waals surface area contributed by atoms with E-state index in [1.165, 1.54) is 0 Å². The van der Waals surface area contributed by atoms with E-state index >= 15 is 0 Å². The zero-order chi connectivity index (χ0) is 23.6. The molecule has 1 aliphatic rings. The summed E-state index contributed by atoms with van der Waals surface area (Å²) in [5.41, 5.74) is 2.74. The van der Waals surface area contributed by atoms with Gasteiger partial charge < -0.3 is 34.6 Å². The van der Waals surface area contributed by atoms with Crippen LogP contribution < -0.4 is 9.47 Å². The van der Waals surface area contributed by atoms with Crippen molar-refractivity contribution in [3.05, 3.63) is 41.1 Å². The van der Waals surface area contributed by atoms with Crippen molar-refractivity contribution in [2.75, 3.05) is 6.61 Å². The van der Waals surface area contributed by atoms with Gasteiger partial charge in [-0.3, -0.25) is 4.68 Å². The smallest absolute Gasteiger partial charge is 0.239 e. The highest BCUT2D eigenvalue weighted by Crippen LogP contribution is 2.31. The van der Waals surface area contributed by atoms with Crippen LogP contribution in [0, 0.1) is 6.92 Å². The fraction of sp³-hybridized carbons (Fsp3) is 0.609. The average molecular weight is 451 g/mol. The zero-order valence-corrected chi connectivity index (χ0v) is 19.2. The number of benzene rings is 1. The largest absolute Gasteiger partial charge is 0.491 e. The molecular formula is C23H34N2O7. The SMILES string of the molecule is Cc1c(Cc2ccc(OC(C)C)cc2)c(OC2OC(CO)C(O)[C@H](O)[C@H]2O)nn1C(C)C. The van der Waals surface area contributed by atoms with E-state index in [1.807, 2.05) is 63.6 Å². The quantitative estimate of drug-likeness (QED) is 0.475. The lowest BCUT2D eigenvalue weighted by atomic mass is 9.99. The van der Waals surface area contributed by atoms with E-state index in [0.717, 1.165) is 22.6 Å². The van der Waals surface area contributed by atoms with Crippen LogP contribution in [0.4, 0.5) is 0 Å². The van der Waals surface area contributed by atoms with Gasteiger partial charge in [-0.25, -0.2) is 0 Å². The van der Waals surface area contributed by atoms with E-state index < -0.39 is 37.3 Å². The van der Waals surface area contributed by atoms with Crippen LogP contribution >= 0.6 is 0 Å². The zero-order valence-electron chi connectivity index (χ0n) is 19.2. The summed E-state index contributed by atoms with van der Waals surface area (Å²) in [5, 5.41) is 44.4. The molecule has 9 nitrogen and oxygen atoms in total. The number of hydrogen-bond acceptors (Lipinski definition) is 8. The van der Waals surface area contributed by atoms with Gasteiger partial charge in [0.05, 0.1) is 12.7 Å². The summed E-state index contributed by atoms with van der Waals surface area (Å²) in [6.45, 7) is 9.36. The average Bonchev–Trinajstić information content (AvgIpc) is 3.05. The third-order valence-electron chi connectivity index (χ3n) is 5.48. The van der Waals surface area contributed by atoms with E-state index in [-0.39, 0.29) is 18.0 Å². The maximum atomic E-state index is 10.4. The van der Waals surface area contributed by atoms with E-state index in [4.69, 9.17) is 14.2 Å². The van der Waals surface area contributed by atoms with Gasteiger partial charge in [-0.15, -0.1) is 5.10 Å². The normalized spacial score (nSPS) is 26.0. The Morgan fingerprint density at radius 2 is 1.69 bits per heavy atom. The third kappa shape index (κ3) is 5.24. The molecule has 2 heterocycles. The summed E-state index contributed by atoms with van der Waals surface area (Å²) in [4.78, 5) is 0. The molecule has 1 fully saturated rings. The van der Waals surface area contributed by atoms with Gasteiger partial charge >= 0.3 is 0 Å². The number of nitrogens with zero attached hydrogens (tertiary/aromatic N) is 2. The van der Waals surface area contributed by atoms with Crippen molar-refractivity contribution in [1.82, 2.24) is 9.78 Å². The Bertz CT molecular complexity index is 879. The molecule has 0 saturated carbocycles. The van der Waals surface area contributed by atoms with Crippen LogP contribution in [-0.4, -0.2) is 73.6 Å². The molecule has 0 amide bonds. The lowest BCUT2D eigenvalue weighted by Gasteiger charge is -2.39. The molecule has 1 aliphatic heterocycles. The molecule has 0 radical (unpaired) electrons. The van der Waals surface area contributed by atoms with Gasteiger partial charge in [0.15, 0.2) is 0 Å². The van der Waals surface area contributed by atoms with Gasteiger partial charge in [0.2, 0.25) is 12.2 Å². The second kappa shape index (κ2) is 10.2. The molecule has 3 unspecified atom stereocenters. The van der Waals surface area contributed by atoms with Crippen LogP contribution in [-0.2, 0) is 11.2 Å². The summed E-state index contributed by atoms with van der Waals surface area (Å²) in [6, 6.07) is 7.84. The molecule has 1 aromatic carbocycles. The third-order valence-corrected chi connectivity index (χ3v) is 5.48. The highest BCUT2D eigenvalue weighted by atomic mass is 16.7. The first kappa shape index (κ1) is 24.5.